The molecule has 0 aliphatic carbocycles. The van der Waals surface area contributed by atoms with Crippen LogP contribution in [0.15, 0.2) is 0 Å². The molecule has 0 heterocycles. The predicted octanol–water partition coefficient (Wildman–Crippen LogP) is 21.3. The highest BCUT2D eigenvalue weighted by Crippen LogP contribution is 2.45. The molecule has 0 aromatic rings. The normalized spacial score (nSPS) is 14.8. The van der Waals surface area contributed by atoms with E-state index >= 15 is 0 Å². The van der Waals surface area contributed by atoms with Crippen LogP contribution in [0.2, 0.25) is 0 Å². The molecule has 19 heteroatoms. The van der Waals surface area contributed by atoms with Gasteiger partial charge in [-0.25, -0.2) is 9.13 Å². The van der Waals surface area contributed by atoms with Gasteiger partial charge >= 0.3 is 39.5 Å². The third-order valence-electron chi connectivity index (χ3n) is 17.8. The van der Waals surface area contributed by atoms with Crippen LogP contribution in [0.3, 0.4) is 0 Å². The maximum absolute atomic E-state index is 13.1. The molecular weight excluding hydrogens is 1220 g/mol. The smallest absolute Gasteiger partial charge is 0.462 e. The second-order valence-corrected chi connectivity index (χ2v) is 31.0. The van der Waals surface area contributed by atoms with Crippen LogP contribution in [0.5, 0.6) is 0 Å². The molecule has 552 valence electrons. The summed E-state index contributed by atoms with van der Waals surface area (Å²) < 4.78 is 68.4. The number of carbonyl (C=O) groups excluding carboxylic acids is 4. The van der Waals surface area contributed by atoms with Gasteiger partial charge in [0.25, 0.3) is 0 Å². The molecule has 0 spiro atoms. The van der Waals surface area contributed by atoms with Gasteiger partial charge in [-0.05, 0) is 49.4 Å². The first kappa shape index (κ1) is 91.1. The average molecular weight is 1370 g/mol. The van der Waals surface area contributed by atoms with Crippen LogP contribution in [0.1, 0.15) is 370 Å². The zero-order chi connectivity index (χ0) is 68.9. The summed E-state index contributed by atoms with van der Waals surface area (Å²) in [6, 6.07) is 0. The molecule has 0 amide bonds. The van der Waals surface area contributed by atoms with Crippen molar-refractivity contribution in [3.63, 3.8) is 0 Å². The van der Waals surface area contributed by atoms with Crippen molar-refractivity contribution in [2.45, 2.75) is 388 Å². The van der Waals surface area contributed by atoms with E-state index in [2.05, 4.69) is 55.4 Å². The van der Waals surface area contributed by atoms with Crippen molar-refractivity contribution in [3.8, 4) is 0 Å². The molecule has 0 aromatic carbocycles. The predicted molar refractivity (Wildman–Crippen MR) is 377 cm³/mol. The molecule has 0 rings (SSSR count). The van der Waals surface area contributed by atoms with Gasteiger partial charge in [0, 0.05) is 25.7 Å². The molecule has 17 nitrogen and oxygen atoms in total. The van der Waals surface area contributed by atoms with Crippen LogP contribution in [0, 0.1) is 23.7 Å². The largest absolute Gasteiger partial charge is 0.472 e. The van der Waals surface area contributed by atoms with E-state index in [0.29, 0.717) is 25.7 Å². The number of phosphoric acid groups is 2. The van der Waals surface area contributed by atoms with E-state index in [0.717, 1.165) is 114 Å². The molecule has 7 atom stereocenters. The lowest BCUT2D eigenvalue weighted by molar-refractivity contribution is -0.161. The Morgan fingerprint density at radius 1 is 0.301 bits per heavy atom. The fourth-order valence-corrected chi connectivity index (χ4v) is 12.7. The lowest BCUT2D eigenvalue weighted by Crippen LogP contribution is -2.30. The zero-order valence-corrected chi connectivity index (χ0v) is 62.7. The summed E-state index contributed by atoms with van der Waals surface area (Å²) in [6.45, 7) is 14.2. The minimum Gasteiger partial charge on any atom is -0.462 e. The van der Waals surface area contributed by atoms with Crippen molar-refractivity contribution in [1.29, 1.82) is 0 Å². The van der Waals surface area contributed by atoms with Gasteiger partial charge in [0.2, 0.25) is 0 Å². The second kappa shape index (κ2) is 63.5. The number of phosphoric ester groups is 2. The number of carbonyl (C=O) groups is 4. The van der Waals surface area contributed by atoms with Gasteiger partial charge in [-0.2, -0.15) is 0 Å². The molecule has 0 aliphatic rings. The zero-order valence-electron chi connectivity index (χ0n) is 60.9. The molecule has 0 fully saturated rings. The Bertz CT molecular complexity index is 1840. The average Bonchev–Trinajstić information content (AvgIpc) is 2.18. The summed E-state index contributed by atoms with van der Waals surface area (Å²) in [7, 11) is -9.91. The summed E-state index contributed by atoms with van der Waals surface area (Å²) in [5.41, 5.74) is 0. The van der Waals surface area contributed by atoms with Crippen molar-refractivity contribution in [2.75, 3.05) is 39.6 Å². The number of aliphatic hydroxyl groups is 1. The monoisotopic (exact) mass is 1370 g/mol. The summed E-state index contributed by atoms with van der Waals surface area (Å²) in [6.07, 6.45) is 47.2. The number of ether oxygens (including phenoxy) is 4. The number of rotatable bonds is 71. The standard InChI is InChI=1S/C74H144O17P2/c1-9-66(7)52-44-36-28-21-17-13-11-12-14-18-22-29-38-46-54-71(76)84-60-69(90-73(78)56-48-40-31-23-19-15-16-20-26-34-42-50-64(3)4)62-88-92(80,81)86-58-68(75)59-87-93(82,83)89-63-70(91-74(79)57-49-41-33-32-37-45-53-67(8)10-2)61-85-72(77)55-47-39-30-25-24-27-35-43-51-65(5)6/h64-70,75H,9-63H2,1-8H3,(H,80,81)(H,82,83)/t66?,67?,68?,69-,70-/m1/s1. The first-order valence-electron chi connectivity index (χ1n) is 38.3. The molecule has 0 radical (unpaired) electrons. The van der Waals surface area contributed by atoms with Crippen LogP contribution >= 0.6 is 15.6 Å². The topological polar surface area (TPSA) is 237 Å². The van der Waals surface area contributed by atoms with Gasteiger partial charge < -0.3 is 33.8 Å². The maximum Gasteiger partial charge on any atom is 0.472 e. The highest BCUT2D eigenvalue weighted by atomic mass is 31.2. The van der Waals surface area contributed by atoms with Gasteiger partial charge in [0.15, 0.2) is 12.2 Å². The fraction of sp³-hybridized carbons (Fsp3) is 0.946. The van der Waals surface area contributed by atoms with E-state index in [4.69, 9.17) is 37.0 Å². The van der Waals surface area contributed by atoms with E-state index in [9.17, 15) is 43.2 Å². The SMILES string of the molecule is CCC(C)CCCCCCCCCCCCCCCCC(=O)OC[C@H](COP(=O)(O)OCC(O)COP(=O)(O)OC[C@@H](COC(=O)CCCCCCCCCCC(C)C)OC(=O)CCCCCCCCC(C)CC)OC(=O)CCCCCCCCCCCCCC(C)C. The Morgan fingerprint density at radius 3 is 0.763 bits per heavy atom. The third kappa shape index (κ3) is 65.8. The number of hydrogen-bond donors (Lipinski definition) is 3. The van der Waals surface area contributed by atoms with Crippen LogP contribution < -0.4 is 0 Å². The molecule has 5 unspecified atom stereocenters. The van der Waals surface area contributed by atoms with Crippen LogP contribution in [0.4, 0.5) is 0 Å². The molecule has 0 aliphatic heterocycles. The van der Waals surface area contributed by atoms with Gasteiger partial charge in [0.1, 0.15) is 19.3 Å². The van der Waals surface area contributed by atoms with Crippen molar-refractivity contribution in [3.05, 3.63) is 0 Å². The van der Waals surface area contributed by atoms with Crippen molar-refractivity contribution in [1.82, 2.24) is 0 Å². The number of hydrogen-bond acceptors (Lipinski definition) is 15. The van der Waals surface area contributed by atoms with Gasteiger partial charge in [-0.15, -0.1) is 0 Å². The molecule has 0 saturated heterocycles. The number of aliphatic hydroxyl groups excluding tert-OH is 1. The summed E-state index contributed by atoms with van der Waals surface area (Å²) >= 11 is 0. The second-order valence-electron chi connectivity index (χ2n) is 28.1. The molecule has 0 saturated carbocycles. The van der Waals surface area contributed by atoms with E-state index < -0.39 is 97.5 Å². The molecular formula is C74H144O17P2. The first-order valence-corrected chi connectivity index (χ1v) is 41.3. The minimum absolute atomic E-state index is 0.102. The minimum atomic E-state index is -4.96. The Morgan fingerprint density at radius 2 is 0.516 bits per heavy atom. The Balaban J connectivity index is 5.23. The highest BCUT2D eigenvalue weighted by Gasteiger charge is 2.30. The summed E-state index contributed by atoms with van der Waals surface area (Å²) in [5.74, 6) is 0.935. The Hall–Kier alpha value is -1.94. The fourth-order valence-electron chi connectivity index (χ4n) is 11.1. The molecule has 93 heavy (non-hydrogen) atoms. The van der Waals surface area contributed by atoms with Crippen LogP contribution in [0.25, 0.3) is 0 Å². The van der Waals surface area contributed by atoms with Gasteiger partial charge in [-0.1, -0.05) is 319 Å². The van der Waals surface area contributed by atoms with Crippen molar-refractivity contribution < 1.29 is 80.2 Å². The van der Waals surface area contributed by atoms with Gasteiger partial charge in [-0.3, -0.25) is 37.3 Å². The van der Waals surface area contributed by atoms with Crippen molar-refractivity contribution in [2.24, 2.45) is 23.7 Å². The first-order chi connectivity index (χ1) is 44.7. The molecule has 0 aromatic heterocycles. The van der Waals surface area contributed by atoms with E-state index in [-0.39, 0.29) is 25.7 Å². The van der Waals surface area contributed by atoms with E-state index in [1.54, 1.807) is 0 Å². The maximum atomic E-state index is 13.1. The van der Waals surface area contributed by atoms with Crippen molar-refractivity contribution >= 4 is 39.5 Å². The quantitative estimate of drug-likeness (QED) is 0.0222. The van der Waals surface area contributed by atoms with Crippen LogP contribution in [-0.2, 0) is 65.4 Å². The lowest BCUT2D eigenvalue weighted by Gasteiger charge is -2.21. The number of unbranched alkanes of at least 4 members (excludes halogenated alkanes) is 35. The van der Waals surface area contributed by atoms with E-state index in [1.165, 1.54) is 173 Å². The molecule has 0 bridgehead atoms. The van der Waals surface area contributed by atoms with Gasteiger partial charge in [0.05, 0.1) is 26.4 Å². The third-order valence-corrected chi connectivity index (χ3v) is 19.7. The number of esters is 4. The summed E-state index contributed by atoms with van der Waals surface area (Å²) in [5, 5.41) is 10.6. The lowest BCUT2D eigenvalue weighted by atomic mass is 9.99. The summed E-state index contributed by atoms with van der Waals surface area (Å²) in [4.78, 5) is 72.7. The molecule has 3 N–H and O–H groups in total. The highest BCUT2D eigenvalue weighted by molar-refractivity contribution is 7.47. The van der Waals surface area contributed by atoms with Crippen LogP contribution in [-0.4, -0.2) is 96.7 Å². The van der Waals surface area contributed by atoms with E-state index in [1.807, 2.05) is 0 Å². The Kier molecular flexibility index (Phi) is 62.2. The Labute approximate surface area is 568 Å².